The van der Waals surface area contributed by atoms with Crippen molar-refractivity contribution in [2.24, 2.45) is 0 Å². The number of benzene rings is 1. The van der Waals surface area contributed by atoms with Crippen molar-refractivity contribution in [3.63, 3.8) is 0 Å². The summed E-state index contributed by atoms with van der Waals surface area (Å²) < 4.78 is 50.7. The van der Waals surface area contributed by atoms with Crippen molar-refractivity contribution >= 4 is 11.7 Å². The van der Waals surface area contributed by atoms with Gasteiger partial charge in [-0.25, -0.2) is 4.79 Å². The molecule has 0 spiro atoms. The predicted molar refractivity (Wildman–Crippen MR) is 87.0 cm³/mol. The zero-order valence-corrected chi connectivity index (χ0v) is 14.2. The normalized spacial score (nSPS) is 11.3. The molecular weight excluding hydrogens is 351 g/mol. The zero-order valence-electron chi connectivity index (χ0n) is 14.2. The number of esters is 1. The van der Waals surface area contributed by atoms with Gasteiger partial charge in [0.15, 0.2) is 5.69 Å². The number of methoxy groups -OCH3 is 1. The van der Waals surface area contributed by atoms with Crippen molar-refractivity contribution in [2.45, 2.75) is 26.1 Å². The molecule has 9 heteroatoms. The molecule has 0 aliphatic rings. The van der Waals surface area contributed by atoms with E-state index in [9.17, 15) is 18.0 Å². The summed E-state index contributed by atoms with van der Waals surface area (Å²) >= 11 is 0. The minimum atomic E-state index is -4.60. The molecule has 2 N–H and O–H groups in total. The fourth-order valence-electron chi connectivity index (χ4n) is 2.34. The number of ether oxygens (including phenoxy) is 2. The number of halogens is 3. The second-order valence-corrected chi connectivity index (χ2v) is 5.63. The van der Waals surface area contributed by atoms with Gasteiger partial charge in [-0.3, -0.25) is 0 Å². The van der Waals surface area contributed by atoms with Crippen LogP contribution in [0.25, 0.3) is 5.69 Å². The fraction of sp³-hybridized carbons (Fsp3) is 0.294. The van der Waals surface area contributed by atoms with Crippen LogP contribution in [0.3, 0.4) is 0 Å². The Morgan fingerprint density at radius 3 is 2.50 bits per heavy atom. The molecule has 0 radical (unpaired) electrons. The largest absolute Gasteiger partial charge is 0.489 e. The highest BCUT2D eigenvalue weighted by molar-refractivity contribution is 5.96. The lowest BCUT2D eigenvalue weighted by Gasteiger charge is -2.18. The molecule has 0 bridgehead atoms. The Balaban J connectivity index is 2.81. The maximum atomic E-state index is 13.1. The Labute approximate surface area is 147 Å². The molecule has 138 valence electrons. The minimum absolute atomic E-state index is 0.0710. The monoisotopic (exact) mass is 367 g/mol. The van der Waals surface area contributed by atoms with Gasteiger partial charge in [-0.2, -0.15) is 18.4 Å². The summed E-state index contributed by atoms with van der Waals surface area (Å²) in [4.78, 5) is 12.1. The zero-order chi connectivity index (χ0) is 19.6. The molecule has 0 saturated heterocycles. The molecule has 0 atom stereocenters. The predicted octanol–water partition coefficient (Wildman–Crippen LogP) is 3.52. The lowest BCUT2D eigenvalue weighted by Crippen LogP contribution is -2.15. The van der Waals surface area contributed by atoms with Crippen LogP contribution in [0, 0.1) is 11.3 Å². The molecule has 1 aromatic heterocycles. The summed E-state index contributed by atoms with van der Waals surface area (Å²) in [5, 5.41) is 9.15. The van der Waals surface area contributed by atoms with Crippen molar-refractivity contribution in [1.29, 1.82) is 5.26 Å². The summed E-state index contributed by atoms with van der Waals surface area (Å²) in [7, 11) is 1.10. The van der Waals surface area contributed by atoms with E-state index in [4.69, 9.17) is 15.7 Å². The van der Waals surface area contributed by atoms with E-state index < -0.39 is 17.7 Å². The van der Waals surface area contributed by atoms with Gasteiger partial charge >= 0.3 is 12.1 Å². The second-order valence-electron chi connectivity index (χ2n) is 5.63. The van der Waals surface area contributed by atoms with Gasteiger partial charge in [0.2, 0.25) is 0 Å². The van der Waals surface area contributed by atoms with Crippen LogP contribution in [0.1, 0.15) is 35.5 Å². The Hall–Kier alpha value is -3.15. The molecule has 0 aliphatic heterocycles. The molecule has 6 nitrogen and oxygen atoms in total. The van der Waals surface area contributed by atoms with Gasteiger partial charge in [-0.1, -0.05) is 0 Å². The minimum Gasteiger partial charge on any atom is -0.489 e. The number of nitrogens with two attached hydrogens (primary N) is 1. The van der Waals surface area contributed by atoms with Crippen LogP contribution in [-0.2, 0) is 10.9 Å². The standard InChI is InChI=1S/C17H16F3N3O3/c1-9(2)26-13-5-4-11(17(18,19)20)6-12(13)23-8-10(7-21)14(22)15(23)16(24)25-3/h4-6,8-9H,22H2,1-3H3. The number of nitriles is 1. The maximum absolute atomic E-state index is 13.1. The molecular formula is C17H16F3N3O3. The third-order valence-electron chi connectivity index (χ3n) is 3.45. The van der Waals surface area contributed by atoms with Crippen LogP contribution in [-0.4, -0.2) is 23.8 Å². The number of hydrogen-bond donors (Lipinski definition) is 1. The molecule has 0 amide bonds. The first-order valence-corrected chi connectivity index (χ1v) is 7.47. The summed E-state index contributed by atoms with van der Waals surface area (Å²) in [6.45, 7) is 3.40. The van der Waals surface area contributed by atoms with Crippen molar-refractivity contribution in [2.75, 3.05) is 12.8 Å². The van der Waals surface area contributed by atoms with Crippen molar-refractivity contribution in [1.82, 2.24) is 4.57 Å². The number of aromatic nitrogens is 1. The van der Waals surface area contributed by atoms with E-state index >= 15 is 0 Å². The first kappa shape index (κ1) is 19.2. The van der Waals surface area contributed by atoms with Gasteiger partial charge in [0.25, 0.3) is 0 Å². The highest BCUT2D eigenvalue weighted by Gasteiger charge is 2.32. The SMILES string of the molecule is COC(=O)c1c(N)c(C#N)cn1-c1cc(C(F)(F)F)ccc1OC(C)C. The van der Waals surface area contributed by atoms with E-state index in [1.807, 2.05) is 0 Å². The second kappa shape index (κ2) is 7.00. The molecule has 0 aliphatic carbocycles. The lowest BCUT2D eigenvalue weighted by atomic mass is 10.1. The number of nitrogens with zero attached hydrogens (tertiary/aromatic N) is 2. The van der Waals surface area contributed by atoms with Crippen molar-refractivity contribution in [3.05, 3.63) is 41.2 Å². The molecule has 2 aromatic rings. The molecule has 1 heterocycles. The maximum Gasteiger partial charge on any atom is 0.416 e. The number of rotatable bonds is 4. The topological polar surface area (TPSA) is 90.3 Å². The van der Waals surface area contributed by atoms with E-state index in [0.717, 1.165) is 29.9 Å². The van der Waals surface area contributed by atoms with Gasteiger partial charge in [-0.05, 0) is 32.0 Å². The number of carbonyl (C=O) groups excluding carboxylic acids is 1. The number of anilines is 1. The Morgan fingerprint density at radius 1 is 1.35 bits per heavy atom. The van der Waals surface area contributed by atoms with Gasteiger partial charge in [0.1, 0.15) is 11.8 Å². The Kier molecular flexibility index (Phi) is 5.16. The molecule has 2 rings (SSSR count). The highest BCUT2D eigenvalue weighted by atomic mass is 19.4. The van der Waals surface area contributed by atoms with Crippen LogP contribution in [0.2, 0.25) is 0 Å². The van der Waals surface area contributed by atoms with Crippen LogP contribution in [0.4, 0.5) is 18.9 Å². The van der Waals surface area contributed by atoms with Crippen LogP contribution in [0.5, 0.6) is 5.75 Å². The number of alkyl halides is 3. The lowest BCUT2D eigenvalue weighted by molar-refractivity contribution is -0.137. The third-order valence-corrected chi connectivity index (χ3v) is 3.45. The average molecular weight is 367 g/mol. The molecule has 0 fully saturated rings. The van der Waals surface area contributed by atoms with Crippen LogP contribution in [0.15, 0.2) is 24.4 Å². The average Bonchev–Trinajstić information content (AvgIpc) is 2.89. The summed E-state index contributed by atoms with van der Waals surface area (Å²) in [6, 6.07) is 4.64. The van der Waals surface area contributed by atoms with Gasteiger partial charge in [0, 0.05) is 6.20 Å². The fourth-order valence-corrected chi connectivity index (χ4v) is 2.34. The van der Waals surface area contributed by atoms with Gasteiger partial charge in [-0.15, -0.1) is 0 Å². The summed E-state index contributed by atoms with van der Waals surface area (Å²) in [6.07, 6.45) is -3.77. The smallest absolute Gasteiger partial charge is 0.416 e. The van der Waals surface area contributed by atoms with Crippen molar-refractivity contribution < 1.29 is 27.4 Å². The van der Waals surface area contributed by atoms with E-state index in [2.05, 4.69) is 4.74 Å². The quantitative estimate of drug-likeness (QED) is 0.835. The Bertz CT molecular complexity index is 880. The number of carbonyl (C=O) groups is 1. The third kappa shape index (κ3) is 3.59. The first-order valence-electron chi connectivity index (χ1n) is 7.47. The first-order chi connectivity index (χ1) is 12.1. The van der Waals surface area contributed by atoms with Crippen LogP contribution < -0.4 is 10.5 Å². The highest BCUT2D eigenvalue weighted by Crippen LogP contribution is 2.36. The van der Waals surface area contributed by atoms with Gasteiger partial charge < -0.3 is 19.8 Å². The molecule has 1 aromatic carbocycles. The van der Waals surface area contributed by atoms with E-state index in [1.54, 1.807) is 19.9 Å². The van der Waals surface area contributed by atoms with E-state index in [0.29, 0.717) is 0 Å². The van der Waals surface area contributed by atoms with E-state index in [-0.39, 0.29) is 34.5 Å². The summed E-state index contributed by atoms with van der Waals surface area (Å²) in [5.41, 5.74) is 4.26. The summed E-state index contributed by atoms with van der Waals surface area (Å²) in [5.74, 6) is -0.797. The number of nitrogen functional groups attached to an aromatic ring is 1. The van der Waals surface area contributed by atoms with Gasteiger partial charge in [0.05, 0.1) is 35.7 Å². The molecule has 0 unspecified atom stereocenters. The molecule has 0 saturated carbocycles. The van der Waals surface area contributed by atoms with Crippen molar-refractivity contribution in [3.8, 4) is 17.5 Å². The Morgan fingerprint density at radius 2 is 2.00 bits per heavy atom. The molecule has 26 heavy (non-hydrogen) atoms. The van der Waals surface area contributed by atoms with E-state index in [1.165, 1.54) is 6.20 Å². The number of hydrogen-bond acceptors (Lipinski definition) is 5. The van der Waals surface area contributed by atoms with Crippen LogP contribution >= 0.6 is 0 Å².